The Bertz CT molecular complexity index is 951. The second-order valence-corrected chi connectivity index (χ2v) is 9.07. The average Bonchev–Trinajstić information content (AvgIpc) is 2.65. The van der Waals surface area contributed by atoms with Crippen molar-refractivity contribution >= 4 is 24.7 Å². The molecule has 0 fully saturated rings. The van der Waals surface area contributed by atoms with Gasteiger partial charge in [0.05, 0.1) is 22.1 Å². The summed E-state index contributed by atoms with van der Waals surface area (Å²) in [5.41, 5.74) is 0.224. The van der Waals surface area contributed by atoms with Gasteiger partial charge in [-0.05, 0) is 39.3 Å². The molecule has 0 saturated heterocycles. The number of anilines is 1. The molecule has 2 aromatic carbocycles. The van der Waals surface area contributed by atoms with Crippen LogP contribution in [0.4, 0.5) is 17.1 Å². The van der Waals surface area contributed by atoms with Crippen molar-refractivity contribution in [1.29, 1.82) is 0 Å². The topological polar surface area (TPSA) is 134 Å². The van der Waals surface area contributed by atoms with Crippen LogP contribution in [0.1, 0.15) is 39.0 Å². The molecule has 0 heterocycles. The molecular formula is C19H24N3O7P. The van der Waals surface area contributed by atoms with Gasteiger partial charge in [0.25, 0.3) is 11.4 Å². The van der Waals surface area contributed by atoms with Gasteiger partial charge >= 0.3 is 7.60 Å². The molecule has 0 aliphatic carbocycles. The highest BCUT2D eigenvalue weighted by molar-refractivity contribution is 7.54. The van der Waals surface area contributed by atoms with E-state index >= 15 is 0 Å². The van der Waals surface area contributed by atoms with Crippen molar-refractivity contribution in [2.24, 2.45) is 0 Å². The van der Waals surface area contributed by atoms with E-state index in [2.05, 4.69) is 5.32 Å². The van der Waals surface area contributed by atoms with E-state index in [9.17, 15) is 24.8 Å². The average molecular weight is 437 g/mol. The Morgan fingerprint density at radius 3 is 1.87 bits per heavy atom. The van der Waals surface area contributed by atoms with Crippen molar-refractivity contribution in [3.63, 3.8) is 0 Å². The quantitative estimate of drug-likeness (QED) is 0.286. The molecule has 30 heavy (non-hydrogen) atoms. The summed E-state index contributed by atoms with van der Waals surface area (Å²) in [5.74, 6) is -1.13. The van der Waals surface area contributed by atoms with E-state index in [0.29, 0.717) is 11.3 Å². The summed E-state index contributed by atoms with van der Waals surface area (Å²) in [6, 6.07) is 11.2. The van der Waals surface area contributed by atoms with Crippen molar-refractivity contribution in [1.82, 2.24) is 0 Å². The van der Waals surface area contributed by atoms with Crippen LogP contribution in [0.25, 0.3) is 0 Å². The van der Waals surface area contributed by atoms with Crippen molar-refractivity contribution in [2.45, 2.75) is 45.7 Å². The molecule has 2 rings (SSSR count). The van der Waals surface area contributed by atoms with Gasteiger partial charge in [-0.2, -0.15) is 0 Å². The molecule has 1 N–H and O–H groups in total. The zero-order valence-corrected chi connectivity index (χ0v) is 17.9. The van der Waals surface area contributed by atoms with E-state index in [-0.39, 0.29) is 11.4 Å². The molecule has 2 aromatic rings. The summed E-state index contributed by atoms with van der Waals surface area (Å²) < 4.78 is 25.2. The van der Waals surface area contributed by atoms with Crippen LogP contribution >= 0.6 is 7.60 Å². The molecule has 0 saturated carbocycles. The minimum Gasteiger partial charge on any atom is -0.368 e. The zero-order chi connectivity index (χ0) is 22.5. The smallest absolute Gasteiger partial charge is 0.357 e. The molecule has 0 bridgehead atoms. The van der Waals surface area contributed by atoms with Crippen molar-refractivity contribution in [3.05, 3.63) is 74.3 Å². The molecule has 0 aliphatic rings. The maximum Gasteiger partial charge on any atom is 0.357 e. The van der Waals surface area contributed by atoms with Crippen molar-refractivity contribution in [2.75, 3.05) is 5.32 Å². The molecule has 0 spiro atoms. The van der Waals surface area contributed by atoms with Crippen LogP contribution in [-0.2, 0) is 13.6 Å². The maximum absolute atomic E-state index is 13.8. The molecule has 0 radical (unpaired) electrons. The Morgan fingerprint density at radius 2 is 1.37 bits per heavy atom. The lowest BCUT2D eigenvalue weighted by atomic mass is 10.2. The summed E-state index contributed by atoms with van der Waals surface area (Å²) in [4.78, 5) is 21.2. The van der Waals surface area contributed by atoms with Gasteiger partial charge in [-0.15, -0.1) is 0 Å². The van der Waals surface area contributed by atoms with Crippen LogP contribution < -0.4 is 5.32 Å². The molecule has 10 nitrogen and oxygen atoms in total. The van der Waals surface area contributed by atoms with Crippen molar-refractivity contribution < 1.29 is 23.5 Å². The van der Waals surface area contributed by atoms with Crippen LogP contribution in [0.3, 0.4) is 0 Å². The highest BCUT2D eigenvalue weighted by atomic mass is 31.2. The third kappa shape index (κ3) is 6.09. The van der Waals surface area contributed by atoms with Crippen molar-refractivity contribution in [3.8, 4) is 0 Å². The monoisotopic (exact) mass is 437 g/mol. The largest absolute Gasteiger partial charge is 0.368 e. The summed E-state index contributed by atoms with van der Waals surface area (Å²) in [7, 11) is -3.92. The Kier molecular flexibility index (Phi) is 7.66. The SMILES string of the molecule is CC(C)OP(=O)(OC(C)C)[C@@H](Nc1cccc([N+](=O)[O-])c1)c1cccc([N+](=O)[O-])c1. The van der Waals surface area contributed by atoms with Gasteiger partial charge in [0.15, 0.2) is 5.78 Å². The van der Waals surface area contributed by atoms with Crippen LogP contribution in [0.5, 0.6) is 0 Å². The predicted octanol–water partition coefficient (Wildman–Crippen LogP) is 5.66. The lowest BCUT2D eigenvalue weighted by molar-refractivity contribution is -0.385. The molecule has 162 valence electrons. The normalized spacial score (nSPS) is 12.7. The number of rotatable bonds is 10. The molecule has 0 amide bonds. The van der Waals surface area contributed by atoms with E-state index < -0.39 is 35.4 Å². The second-order valence-electron chi connectivity index (χ2n) is 7.05. The standard InChI is InChI=1S/C19H24N3O7P/c1-13(2)28-30(27,29-14(3)4)19(15-7-5-9-17(11-15)21(23)24)20-16-8-6-10-18(12-16)22(25)26/h5-14,19-20H,1-4H3/t19-/m1/s1. The number of nitrogens with one attached hydrogen (secondary N) is 1. The van der Waals surface area contributed by atoms with Gasteiger partial charge in [-0.25, -0.2) is 0 Å². The fourth-order valence-corrected chi connectivity index (χ4v) is 5.06. The first-order valence-corrected chi connectivity index (χ1v) is 10.8. The minimum absolute atomic E-state index is 0.165. The third-order valence-corrected chi connectivity index (χ3v) is 6.28. The number of non-ortho nitro benzene ring substituents is 2. The molecule has 0 aliphatic heterocycles. The molecule has 0 unspecified atom stereocenters. The number of nitro benzene ring substituents is 2. The highest BCUT2D eigenvalue weighted by Gasteiger charge is 2.40. The summed E-state index contributed by atoms with van der Waals surface area (Å²) in [6.07, 6.45) is -0.939. The number of hydrogen-bond acceptors (Lipinski definition) is 8. The van der Waals surface area contributed by atoms with Gasteiger partial charge in [0.2, 0.25) is 0 Å². The number of nitro groups is 2. The zero-order valence-electron chi connectivity index (χ0n) is 17.1. The van der Waals surface area contributed by atoms with Crippen LogP contribution in [0, 0.1) is 20.2 Å². The van der Waals surface area contributed by atoms with E-state index in [4.69, 9.17) is 9.05 Å². The highest BCUT2D eigenvalue weighted by Crippen LogP contribution is 2.62. The summed E-state index contributed by atoms with van der Waals surface area (Å²) >= 11 is 0. The Hall–Kier alpha value is -2.81. The first-order chi connectivity index (χ1) is 14.0. The van der Waals surface area contributed by atoms with E-state index in [1.165, 1.54) is 36.4 Å². The lowest BCUT2D eigenvalue weighted by Gasteiger charge is -2.31. The fourth-order valence-electron chi connectivity index (χ4n) is 2.75. The van der Waals surface area contributed by atoms with Crippen LogP contribution in [0.2, 0.25) is 0 Å². The summed E-state index contributed by atoms with van der Waals surface area (Å²) in [6.45, 7) is 6.75. The fraction of sp³-hybridized carbons (Fsp3) is 0.368. The van der Waals surface area contributed by atoms with Crippen LogP contribution in [-0.4, -0.2) is 22.1 Å². The Balaban J connectivity index is 2.60. The maximum atomic E-state index is 13.8. The van der Waals surface area contributed by atoms with E-state index in [0.717, 1.165) is 0 Å². The van der Waals surface area contributed by atoms with E-state index in [1.54, 1.807) is 39.8 Å². The van der Waals surface area contributed by atoms with Gasteiger partial charge in [0.1, 0.15) is 0 Å². The number of hydrogen-bond donors (Lipinski definition) is 1. The number of benzene rings is 2. The molecule has 11 heteroatoms. The Morgan fingerprint density at radius 1 is 0.867 bits per heavy atom. The molecule has 1 atom stereocenters. The first kappa shape index (κ1) is 23.5. The van der Waals surface area contributed by atoms with Crippen LogP contribution in [0.15, 0.2) is 48.5 Å². The van der Waals surface area contributed by atoms with Gasteiger partial charge in [-0.1, -0.05) is 18.2 Å². The third-order valence-electron chi connectivity index (χ3n) is 3.79. The Labute approximate surface area is 174 Å². The lowest BCUT2D eigenvalue weighted by Crippen LogP contribution is -2.19. The molecular weight excluding hydrogens is 413 g/mol. The van der Waals surface area contributed by atoms with E-state index in [1.807, 2.05) is 0 Å². The number of nitrogens with zero attached hydrogens (tertiary/aromatic N) is 2. The van der Waals surface area contributed by atoms with Gasteiger partial charge in [-0.3, -0.25) is 24.8 Å². The first-order valence-electron chi connectivity index (χ1n) is 9.23. The van der Waals surface area contributed by atoms with Gasteiger partial charge in [0, 0.05) is 30.0 Å². The predicted molar refractivity (Wildman–Crippen MR) is 113 cm³/mol. The summed E-state index contributed by atoms with van der Waals surface area (Å²) in [5, 5.41) is 25.3. The molecule has 0 aromatic heterocycles. The second kappa shape index (κ2) is 9.80. The minimum atomic E-state index is -3.92. The van der Waals surface area contributed by atoms with Gasteiger partial charge < -0.3 is 14.4 Å².